The summed E-state index contributed by atoms with van der Waals surface area (Å²) < 4.78 is 17.5. The Balaban J connectivity index is 1.57. The molecule has 6 heterocycles. The summed E-state index contributed by atoms with van der Waals surface area (Å²) in [7, 11) is 3.94. The van der Waals surface area contributed by atoms with Crippen molar-refractivity contribution < 1.29 is 9.47 Å². The van der Waals surface area contributed by atoms with Crippen LogP contribution in [0, 0.1) is 0 Å². The summed E-state index contributed by atoms with van der Waals surface area (Å²) in [4.78, 5) is 7.51. The normalized spacial score (nSPS) is 21.4. The van der Waals surface area contributed by atoms with Gasteiger partial charge in [0, 0.05) is 45.2 Å². The van der Waals surface area contributed by atoms with Gasteiger partial charge in [0.1, 0.15) is 17.0 Å². The zero-order chi connectivity index (χ0) is 23.2. The third-order valence-corrected chi connectivity index (χ3v) is 6.88. The van der Waals surface area contributed by atoms with Crippen molar-refractivity contribution in [2.45, 2.75) is 38.5 Å². The topological polar surface area (TPSA) is 88.1 Å². The Morgan fingerprint density at radius 1 is 1.00 bits per heavy atom. The van der Waals surface area contributed by atoms with Crippen LogP contribution in [0.2, 0.25) is 0 Å². The molecule has 4 aromatic rings. The molecule has 4 aromatic heterocycles. The molecule has 178 valence electrons. The Kier molecular flexibility index (Phi) is 5.34. The molecule has 0 radical (unpaired) electrons. The molecule has 10 heteroatoms. The molecule has 1 unspecified atom stereocenters. The minimum absolute atomic E-state index is 0.0743. The molecule has 34 heavy (non-hydrogen) atoms. The molecule has 0 bridgehead atoms. The molecule has 2 atom stereocenters. The Bertz CT molecular complexity index is 1320. The van der Waals surface area contributed by atoms with Crippen LogP contribution in [0.15, 0.2) is 30.6 Å². The zero-order valence-electron chi connectivity index (χ0n) is 19.9. The van der Waals surface area contributed by atoms with Crippen molar-refractivity contribution in [3.63, 3.8) is 0 Å². The lowest BCUT2D eigenvalue weighted by Gasteiger charge is -2.34. The number of rotatable bonds is 4. The summed E-state index contributed by atoms with van der Waals surface area (Å²) in [5.41, 5.74) is 5.64. The molecular weight excluding hydrogens is 432 g/mol. The molecule has 0 aliphatic carbocycles. The number of pyridine rings is 1. The molecule has 0 amide bonds. The van der Waals surface area contributed by atoms with Gasteiger partial charge in [-0.15, -0.1) is 0 Å². The monoisotopic (exact) mass is 462 g/mol. The molecule has 0 saturated carbocycles. The van der Waals surface area contributed by atoms with Crippen LogP contribution in [-0.4, -0.2) is 66.7 Å². The Labute approximate surface area is 198 Å². The van der Waals surface area contributed by atoms with Crippen LogP contribution in [0.5, 0.6) is 0 Å². The van der Waals surface area contributed by atoms with Gasteiger partial charge in [-0.1, -0.05) is 0 Å². The summed E-state index contributed by atoms with van der Waals surface area (Å²) in [6, 6.07) is 6.44. The Morgan fingerprint density at radius 2 is 1.85 bits per heavy atom. The number of aryl methyl sites for hydroxylation is 2. The Hall–Kier alpha value is -3.24. The van der Waals surface area contributed by atoms with Crippen LogP contribution in [0.25, 0.3) is 33.7 Å². The molecule has 2 fully saturated rings. The molecule has 10 nitrogen and oxygen atoms in total. The lowest BCUT2D eigenvalue weighted by molar-refractivity contribution is -0.0384. The van der Waals surface area contributed by atoms with E-state index in [4.69, 9.17) is 19.6 Å². The lowest BCUT2D eigenvalue weighted by Crippen LogP contribution is -2.44. The van der Waals surface area contributed by atoms with Crippen molar-refractivity contribution >= 4 is 16.9 Å². The predicted molar refractivity (Wildman–Crippen MR) is 128 cm³/mol. The van der Waals surface area contributed by atoms with Crippen molar-refractivity contribution in [1.29, 1.82) is 0 Å². The van der Waals surface area contributed by atoms with Crippen LogP contribution in [0.1, 0.15) is 32.4 Å². The number of anilines is 1. The number of hydrogen-bond donors (Lipinski definition) is 0. The van der Waals surface area contributed by atoms with Crippen molar-refractivity contribution in [1.82, 2.24) is 34.3 Å². The highest BCUT2D eigenvalue weighted by Crippen LogP contribution is 2.37. The van der Waals surface area contributed by atoms with Gasteiger partial charge in [0.2, 0.25) is 0 Å². The third-order valence-electron chi connectivity index (χ3n) is 6.88. The average Bonchev–Trinajstić information content (AvgIpc) is 3.58. The van der Waals surface area contributed by atoms with Crippen molar-refractivity contribution in [3.8, 4) is 22.6 Å². The minimum atomic E-state index is -0.0743. The number of morpholine rings is 1. The van der Waals surface area contributed by atoms with E-state index in [1.807, 2.05) is 52.7 Å². The molecule has 0 spiro atoms. The highest BCUT2D eigenvalue weighted by Gasteiger charge is 2.27. The van der Waals surface area contributed by atoms with Gasteiger partial charge < -0.3 is 14.4 Å². The second-order valence-corrected chi connectivity index (χ2v) is 9.14. The van der Waals surface area contributed by atoms with Gasteiger partial charge in [0.25, 0.3) is 0 Å². The van der Waals surface area contributed by atoms with Gasteiger partial charge in [-0.05, 0) is 44.4 Å². The lowest BCUT2D eigenvalue weighted by atomic mass is 10.1. The standard InChI is InChI=1S/C24H30N8O2/c1-16-15-33-13-11-31(16)20-14-17(18-7-9-25-29(18)2)24-23(27-20)22(28-30(24)3)19-8-10-26-32(19)21-6-4-5-12-34-21/h7-10,14,16,21H,4-6,11-13,15H2,1-3H3/t16-,21?/m1/s1. The van der Waals surface area contributed by atoms with Gasteiger partial charge in [-0.25, -0.2) is 9.67 Å². The maximum atomic E-state index is 6.05. The smallest absolute Gasteiger partial charge is 0.150 e. The van der Waals surface area contributed by atoms with Gasteiger partial charge in [-0.3, -0.25) is 9.36 Å². The summed E-state index contributed by atoms with van der Waals surface area (Å²) in [5, 5.41) is 14.0. The SMILES string of the molecule is C[C@@H]1COCCN1c1cc(-c2ccnn2C)c2c(n1)c(-c1ccnn1C1CCCCO1)nn2C. The molecule has 2 saturated heterocycles. The predicted octanol–water partition coefficient (Wildman–Crippen LogP) is 3.16. The van der Waals surface area contributed by atoms with Gasteiger partial charge in [-0.2, -0.15) is 15.3 Å². The zero-order valence-corrected chi connectivity index (χ0v) is 19.9. The maximum Gasteiger partial charge on any atom is 0.150 e. The van der Waals surface area contributed by atoms with E-state index < -0.39 is 0 Å². The quantitative estimate of drug-likeness (QED) is 0.460. The van der Waals surface area contributed by atoms with Gasteiger partial charge >= 0.3 is 0 Å². The van der Waals surface area contributed by atoms with E-state index in [1.54, 1.807) is 0 Å². The van der Waals surface area contributed by atoms with Crippen LogP contribution >= 0.6 is 0 Å². The average molecular weight is 463 g/mol. The fourth-order valence-corrected chi connectivity index (χ4v) is 5.13. The number of nitrogens with zero attached hydrogens (tertiary/aromatic N) is 8. The van der Waals surface area contributed by atoms with E-state index in [-0.39, 0.29) is 12.3 Å². The molecular formula is C24H30N8O2. The van der Waals surface area contributed by atoms with Crippen molar-refractivity contribution in [2.24, 2.45) is 14.1 Å². The highest BCUT2D eigenvalue weighted by atomic mass is 16.5. The number of ether oxygens (including phenoxy) is 2. The molecule has 2 aliphatic heterocycles. The number of hydrogen-bond acceptors (Lipinski definition) is 7. The summed E-state index contributed by atoms with van der Waals surface area (Å²) >= 11 is 0. The third kappa shape index (κ3) is 3.48. The van der Waals surface area contributed by atoms with Crippen LogP contribution in [-0.2, 0) is 23.6 Å². The van der Waals surface area contributed by atoms with Gasteiger partial charge in [0.15, 0.2) is 6.23 Å². The first-order valence-corrected chi connectivity index (χ1v) is 12.0. The van der Waals surface area contributed by atoms with Crippen LogP contribution < -0.4 is 4.90 Å². The van der Waals surface area contributed by atoms with E-state index >= 15 is 0 Å². The summed E-state index contributed by atoms with van der Waals surface area (Å²) in [5.74, 6) is 0.925. The second kappa shape index (κ2) is 8.52. The van der Waals surface area contributed by atoms with Crippen molar-refractivity contribution in [3.05, 3.63) is 30.6 Å². The molecule has 0 N–H and O–H groups in total. The van der Waals surface area contributed by atoms with E-state index in [1.165, 1.54) is 0 Å². The van der Waals surface area contributed by atoms with Crippen LogP contribution in [0.3, 0.4) is 0 Å². The van der Waals surface area contributed by atoms with E-state index in [9.17, 15) is 0 Å². The Morgan fingerprint density at radius 3 is 2.62 bits per heavy atom. The first-order valence-electron chi connectivity index (χ1n) is 12.0. The maximum absolute atomic E-state index is 6.05. The highest BCUT2D eigenvalue weighted by molar-refractivity contribution is 5.99. The number of fused-ring (bicyclic) bond motifs is 1. The molecule has 0 aromatic carbocycles. The first-order chi connectivity index (χ1) is 16.6. The van der Waals surface area contributed by atoms with E-state index in [2.05, 4.69) is 28.1 Å². The number of aromatic nitrogens is 7. The van der Waals surface area contributed by atoms with Crippen molar-refractivity contribution in [2.75, 3.05) is 31.3 Å². The summed E-state index contributed by atoms with van der Waals surface area (Å²) in [6.45, 7) is 5.11. The summed E-state index contributed by atoms with van der Waals surface area (Å²) in [6.07, 6.45) is 6.75. The fourth-order valence-electron chi connectivity index (χ4n) is 5.13. The van der Waals surface area contributed by atoms with Gasteiger partial charge in [0.05, 0.1) is 36.2 Å². The molecule has 2 aliphatic rings. The first kappa shape index (κ1) is 21.3. The van der Waals surface area contributed by atoms with E-state index in [0.717, 1.165) is 71.9 Å². The van der Waals surface area contributed by atoms with E-state index in [0.29, 0.717) is 13.2 Å². The largest absolute Gasteiger partial charge is 0.377 e. The minimum Gasteiger partial charge on any atom is -0.377 e. The fraction of sp³-hybridized carbons (Fsp3) is 0.500. The second-order valence-electron chi connectivity index (χ2n) is 9.14. The molecule has 6 rings (SSSR count). The van der Waals surface area contributed by atoms with Crippen LogP contribution in [0.4, 0.5) is 5.82 Å².